The number of sulfone groups is 1. The molecule has 1 heterocycles. The minimum absolute atomic E-state index is 0.00235. The van der Waals surface area contributed by atoms with Crippen molar-refractivity contribution < 1.29 is 13.2 Å². The molecule has 1 aromatic heterocycles. The first-order valence-electron chi connectivity index (χ1n) is 5.65. The molecule has 0 saturated heterocycles. The Morgan fingerprint density at radius 1 is 1.21 bits per heavy atom. The smallest absolute Gasteiger partial charge is 0.175 e. The van der Waals surface area contributed by atoms with E-state index < -0.39 is 9.84 Å². The molecular formula is C14H14O3S2. The number of methoxy groups -OCH3 is 1. The van der Waals surface area contributed by atoms with Gasteiger partial charge < -0.3 is 4.74 Å². The van der Waals surface area contributed by atoms with Crippen molar-refractivity contribution in [1.82, 2.24) is 0 Å². The van der Waals surface area contributed by atoms with Crippen LogP contribution >= 0.6 is 11.3 Å². The van der Waals surface area contributed by atoms with Gasteiger partial charge in [-0.15, -0.1) is 0 Å². The van der Waals surface area contributed by atoms with Gasteiger partial charge in [-0.2, -0.15) is 11.3 Å². The Bertz CT molecular complexity index is 639. The SMILES string of the molecule is COc1ccc(CS(=O)(=O)/C=C/c2ccsc2)cc1. The van der Waals surface area contributed by atoms with Gasteiger partial charge in [0.15, 0.2) is 9.84 Å². The number of rotatable bonds is 5. The number of thiophene rings is 1. The van der Waals surface area contributed by atoms with Crippen molar-refractivity contribution in [1.29, 1.82) is 0 Å². The monoisotopic (exact) mass is 294 g/mol. The van der Waals surface area contributed by atoms with Gasteiger partial charge in [0.1, 0.15) is 5.75 Å². The van der Waals surface area contributed by atoms with Crippen LogP contribution < -0.4 is 4.74 Å². The van der Waals surface area contributed by atoms with Crippen LogP contribution in [0.1, 0.15) is 11.1 Å². The largest absolute Gasteiger partial charge is 0.497 e. The van der Waals surface area contributed by atoms with Gasteiger partial charge in [0.2, 0.25) is 0 Å². The quantitative estimate of drug-likeness (QED) is 0.849. The molecule has 19 heavy (non-hydrogen) atoms. The molecule has 3 nitrogen and oxygen atoms in total. The third-order valence-corrected chi connectivity index (χ3v) is 4.53. The number of hydrogen-bond acceptors (Lipinski definition) is 4. The summed E-state index contributed by atoms with van der Waals surface area (Å²) in [6, 6.07) is 8.91. The highest BCUT2D eigenvalue weighted by Crippen LogP contribution is 2.15. The molecule has 100 valence electrons. The van der Waals surface area contributed by atoms with Gasteiger partial charge >= 0.3 is 0 Å². The van der Waals surface area contributed by atoms with Gasteiger partial charge in [0.05, 0.1) is 12.9 Å². The van der Waals surface area contributed by atoms with E-state index in [9.17, 15) is 8.42 Å². The molecule has 0 fully saturated rings. The third kappa shape index (κ3) is 4.22. The maximum Gasteiger partial charge on any atom is 0.175 e. The predicted octanol–water partition coefficient (Wildman–Crippen LogP) is 3.34. The summed E-state index contributed by atoms with van der Waals surface area (Å²) in [5.41, 5.74) is 1.65. The molecule has 0 bridgehead atoms. The molecule has 0 spiro atoms. The van der Waals surface area contributed by atoms with Crippen molar-refractivity contribution in [3.63, 3.8) is 0 Å². The normalized spacial score (nSPS) is 11.8. The van der Waals surface area contributed by atoms with Crippen LogP contribution in [0.4, 0.5) is 0 Å². The molecule has 0 atom stereocenters. The second-order valence-corrected chi connectivity index (χ2v) is 6.68. The third-order valence-electron chi connectivity index (χ3n) is 2.54. The summed E-state index contributed by atoms with van der Waals surface area (Å²) in [7, 11) is -1.67. The average Bonchev–Trinajstić information content (AvgIpc) is 2.90. The zero-order chi connectivity index (χ0) is 13.7. The fourth-order valence-electron chi connectivity index (χ4n) is 1.55. The molecule has 0 amide bonds. The topological polar surface area (TPSA) is 43.4 Å². The van der Waals surface area contributed by atoms with E-state index >= 15 is 0 Å². The van der Waals surface area contributed by atoms with E-state index in [0.717, 1.165) is 16.9 Å². The molecule has 0 radical (unpaired) electrons. The lowest BCUT2D eigenvalue weighted by molar-refractivity contribution is 0.414. The molecule has 0 N–H and O–H groups in total. The highest BCUT2D eigenvalue weighted by molar-refractivity contribution is 7.93. The first-order valence-corrected chi connectivity index (χ1v) is 8.31. The fourth-order valence-corrected chi connectivity index (χ4v) is 3.30. The minimum Gasteiger partial charge on any atom is -0.497 e. The molecule has 0 aliphatic rings. The lowest BCUT2D eigenvalue weighted by Crippen LogP contribution is -1.99. The Morgan fingerprint density at radius 2 is 1.95 bits per heavy atom. The molecule has 0 aliphatic carbocycles. The van der Waals surface area contributed by atoms with Crippen molar-refractivity contribution in [2.45, 2.75) is 5.75 Å². The zero-order valence-electron chi connectivity index (χ0n) is 10.4. The number of hydrogen-bond donors (Lipinski definition) is 0. The van der Waals surface area contributed by atoms with Crippen molar-refractivity contribution in [3.05, 3.63) is 57.6 Å². The highest BCUT2D eigenvalue weighted by Gasteiger charge is 2.07. The van der Waals surface area contributed by atoms with Crippen molar-refractivity contribution in [3.8, 4) is 5.75 Å². The first kappa shape index (κ1) is 13.8. The maximum atomic E-state index is 11.9. The highest BCUT2D eigenvalue weighted by atomic mass is 32.2. The minimum atomic E-state index is -3.25. The Balaban J connectivity index is 2.08. The maximum absolute atomic E-state index is 11.9. The van der Waals surface area contributed by atoms with Gasteiger partial charge in [0.25, 0.3) is 0 Å². The lowest BCUT2D eigenvalue weighted by atomic mass is 10.2. The average molecular weight is 294 g/mol. The summed E-state index contributed by atoms with van der Waals surface area (Å²) in [6.45, 7) is 0. The van der Waals surface area contributed by atoms with Crippen molar-refractivity contribution >= 4 is 27.3 Å². The lowest BCUT2D eigenvalue weighted by Gasteiger charge is -2.02. The second-order valence-electron chi connectivity index (χ2n) is 4.01. The van der Waals surface area contributed by atoms with E-state index in [-0.39, 0.29) is 5.75 Å². The van der Waals surface area contributed by atoms with Crippen LogP contribution in [0.3, 0.4) is 0 Å². The first-order chi connectivity index (χ1) is 9.09. The Morgan fingerprint density at radius 3 is 2.53 bits per heavy atom. The van der Waals surface area contributed by atoms with Gasteiger partial charge in [-0.1, -0.05) is 12.1 Å². The predicted molar refractivity (Wildman–Crippen MR) is 79.0 cm³/mol. The summed E-state index contributed by atoms with van der Waals surface area (Å²) >= 11 is 1.54. The van der Waals surface area contributed by atoms with Crippen LogP contribution in [0.5, 0.6) is 5.75 Å². The second kappa shape index (κ2) is 6.04. The fraction of sp³-hybridized carbons (Fsp3) is 0.143. The summed E-state index contributed by atoms with van der Waals surface area (Å²) in [5, 5.41) is 5.08. The van der Waals surface area contributed by atoms with Crippen LogP contribution in [0.25, 0.3) is 6.08 Å². The molecule has 0 aliphatic heterocycles. The summed E-state index contributed by atoms with van der Waals surface area (Å²) in [6.07, 6.45) is 1.62. The number of ether oxygens (including phenoxy) is 1. The standard InChI is InChI=1S/C14H14O3S2/c1-17-14-4-2-13(3-5-14)11-19(15,16)9-7-12-6-8-18-10-12/h2-10H,11H2,1H3/b9-7+. The van der Waals surface area contributed by atoms with Crippen molar-refractivity contribution in [2.75, 3.05) is 7.11 Å². The molecule has 2 rings (SSSR count). The van der Waals surface area contributed by atoms with E-state index in [2.05, 4.69) is 0 Å². The van der Waals surface area contributed by atoms with Crippen LogP contribution in [0.2, 0.25) is 0 Å². The van der Waals surface area contributed by atoms with E-state index in [4.69, 9.17) is 4.74 Å². The summed E-state index contributed by atoms with van der Waals surface area (Å²) < 4.78 is 28.9. The van der Waals surface area contributed by atoms with E-state index in [1.165, 1.54) is 16.7 Å². The van der Waals surface area contributed by atoms with E-state index in [1.807, 2.05) is 16.8 Å². The molecule has 0 unspecified atom stereocenters. The Kier molecular flexibility index (Phi) is 4.39. The van der Waals surface area contributed by atoms with Gasteiger partial charge in [-0.25, -0.2) is 8.42 Å². The Labute approximate surface area is 117 Å². The molecule has 0 saturated carbocycles. The van der Waals surface area contributed by atoms with Crippen LogP contribution in [0.15, 0.2) is 46.5 Å². The molecular weight excluding hydrogens is 280 g/mol. The van der Waals surface area contributed by atoms with Crippen LogP contribution in [0, 0.1) is 0 Å². The van der Waals surface area contributed by atoms with Gasteiger partial charge in [-0.05, 0) is 46.2 Å². The Hall–Kier alpha value is -1.59. The van der Waals surface area contributed by atoms with Crippen molar-refractivity contribution in [2.24, 2.45) is 0 Å². The van der Waals surface area contributed by atoms with E-state index in [1.54, 1.807) is 37.5 Å². The zero-order valence-corrected chi connectivity index (χ0v) is 12.1. The van der Waals surface area contributed by atoms with Gasteiger partial charge in [0, 0.05) is 5.41 Å². The summed E-state index contributed by atoms with van der Waals surface area (Å²) in [4.78, 5) is 0. The number of benzene rings is 1. The van der Waals surface area contributed by atoms with E-state index in [0.29, 0.717) is 0 Å². The van der Waals surface area contributed by atoms with Crippen LogP contribution in [-0.4, -0.2) is 15.5 Å². The van der Waals surface area contributed by atoms with Crippen LogP contribution in [-0.2, 0) is 15.6 Å². The summed E-state index contributed by atoms with van der Waals surface area (Å²) in [5.74, 6) is 0.715. The molecule has 5 heteroatoms. The molecule has 2 aromatic rings. The molecule has 1 aromatic carbocycles. The van der Waals surface area contributed by atoms with Gasteiger partial charge in [-0.3, -0.25) is 0 Å².